The number of para-hydroxylation sites is 1. The number of hydrazone groups is 1. The summed E-state index contributed by atoms with van der Waals surface area (Å²) >= 11 is 11.9. The average molecular weight is 382 g/mol. The van der Waals surface area contributed by atoms with E-state index in [1.165, 1.54) is 18.3 Å². The first kappa shape index (κ1) is 18.6. The quantitative estimate of drug-likeness (QED) is 0.525. The van der Waals surface area contributed by atoms with Gasteiger partial charge in [-0.05, 0) is 35.9 Å². The lowest BCUT2D eigenvalue weighted by molar-refractivity contribution is -0.139. The third kappa shape index (κ3) is 5.98. The predicted octanol–water partition coefficient (Wildman–Crippen LogP) is 3.61. The normalized spacial score (nSPS) is 10.5. The van der Waals surface area contributed by atoms with Crippen molar-refractivity contribution in [1.29, 1.82) is 0 Å². The van der Waals surface area contributed by atoms with E-state index < -0.39 is 18.6 Å². The summed E-state index contributed by atoms with van der Waals surface area (Å²) in [6.07, 6.45) is 1.37. The van der Waals surface area contributed by atoms with Crippen molar-refractivity contribution in [3.8, 4) is 5.75 Å². The van der Waals surface area contributed by atoms with Gasteiger partial charge in [-0.15, -0.1) is 0 Å². The fraction of sp³-hybridized carbons (Fsp3) is 0.0625. The van der Waals surface area contributed by atoms with Crippen molar-refractivity contribution in [2.45, 2.75) is 0 Å². The number of rotatable bonds is 6. The van der Waals surface area contributed by atoms with Crippen molar-refractivity contribution in [1.82, 2.24) is 5.43 Å². The average Bonchev–Trinajstić information content (AvgIpc) is 2.56. The van der Waals surface area contributed by atoms with Crippen molar-refractivity contribution in [2.75, 3.05) is 11.9 Å². The molecule has 130 valence electrons. The number of amides is 2. The molecule has 25 heavy (non-hydrogen) atoms. The highest BCUT2D eigenvalue weighted by Crippen LogP contribution is 2.24. The highest BCUT2D eigenvalue weighted by Gasteiger charge is 2.06. The van der Waals surface area contributed by atoms with Gasteiger partial charge in [-0.2, -0.15) is 5.10 Å². The Hall–Kier alpha value is -2.77. The largest absolute Gasteiger partial charge is 0.480 e. The first-order valence-electron chi connectivity index (χ1n) is 6.94. The van der Waals surface area contributed by atoms with E-state index in [2.05, 4.69) is 15.8 Å². The van der Waals surface area contributed by atoms with Crippen LogP contribution in [0, 0.1) is 0 Å². The number of ether oxygens (including phenoxy) is 1. The van der Waals surface area contributed by atoms with Gasteiger partial charge in [0.1, 0.15) is 5.75 Å². The molecule has 0 aliphatic carbocycles. The number of benzene rings is 2. The van der Waals surface area contributed by atoms with Gasteiger partial charge in [0.25, 0.3) is 0 Å². The summed E-state index contributed by atoms with van der Waals surface area (Å²) < 4.78 is 5.01. The molecule has 0 fully saturated rings. The Morgan fingerprint density at radius 3 is 2.60 bits per heavy atom. The molecule has 0 saturated heterocycles. The molecule has 0 spiro atoms. The number of carboxylic acid groups (broad SMARTS) is 1. The van der Waals surface area contributed by atoms with Gasteiger partial charge in [0, 0.05) is 0 Å². The molecular formula is C16H13Cl2N3O4. The lowest BCUT2D eigenvalue weighted by atomic mass is 10.2. The smallest absolute Gasteiger partial charge is 0.341 e. The van der Waals surface area contributed by atoms with E-state index in [-0.39, 0.29) is 10.8 Å². The van der Waals surface area contributed by atoms with Crippen LogP contribution in [0.2, 0.25) is 10.0 Å². The van der Waals surface area contributed by atoms with Crippen molar-refractivity contribution >= 4 is 47.1 Å². The van der Waals surface area contributed by atoms with Crippen LogP contribution in [0.25, 0.3) is 0 Å². The van der Waals surface area contributed by atoms with E-state index in [4.69, 9.17) is 33.0 Å². The molecule has 2 rings (SSSR count). The third-order valence-electron chi connectivity index (χ3n) is 2.81. The number of carbonyl (C=O) groups is 2. The van der Waals surface area contributed by atoms with Gasteiger partial charge in [0.15, 0.2) is 6.61 Å². The Bertz CT molecular complexity index is 812. The van der Waals surface area contributed by atoms with Crippen LogP contribution in [-0.4, -0.2) is 29.9 Å². The topological polar surface area (TPSA) is 100 Å². The van der Waals surface area contributed by atoms with Gasteiger partial charge in [-0.3, -0.25) is 0 Å². The molecular weight excluding hydrogens is 369 g/mol. The number of halogens is 2. The fourth-order valence-corrected chi connectivity index (χ4v) is 2.16. The maximum absolute atomic E-state index is 11.7. The number of urea groups is 1. The number of nitrogens with zero attached hydrogens (tertiary/aromatic N) is 1. The lowest BCUT2D eigenvalue weighted by Gasteiger charge is -2.06. The number of anilines is 1. The molecule has 0 heterocycles. The predicted molar refractivity (Wildman–Crippen MR) is 95.8 cm³/mol. The molecule has 2 aromatic carbocycles. The van der Waals surface area contributed by atoms with E-state index in [0.29, 0.717) is 16.3 Å². The Labute approximate surface area is 153 Å². The molecule has 0 aromatic heterocycles. The summed E-state index contributed by atoms with van der Waals surface area (Å²) in [5.41, 5.74) is 3.34. The molecule has 0 saturated carbocycles. The SMILES string of the molecule is O=C(O)COc1ccc(/C=N/NC(=O)Nc2ccccc2Cl)cc1Cl. The molecule has 0 aliphatic rings. The number of carboxylic acids is 1. The molecule has 2 amide bonds. The Balaban J connectivity index is 1.91. The lowest BCUT2D eigenvalue weighted by Crippen LogP contribution is -2.24. The van der Waals surface area contributed by atoms with Crippen molar-refractivity contribution in [2.24, 2.45) is 5.10 Å². The Kier molecular flexibility index (Phi) is 6.62. The minimum absolute atomic E-state index is 0.228. The molecule has 3 N–H and O–H groups in total. The van der Waals surface area contributed by atoms with Crippen LogP contribution in [-0.2, 0) is 4.79 Å². The molecule has 0 radical (unpaired) electrons. The Morgan fingerprint density at radius 1 is 1.16 bits per heavy atom. The van der Waals surface area contributed by atoms with Gasteiger partial charge in [-0.1, -0.05) is 35.3 Å². The van der Waals surface area contributed by atoms with E-state index in [9.17, 15) is 9.59 Å². The van der Waals surface area contributed by atoms with E-state index >= 15 is 0 Å². The number of nitrogens with one attached hydrogen (secondary N) is 2. The summed E-state index contributed by atoms with van der Waals surface area (Å²) in [6, 6.07) is 10.9. The summed E-state index contributed by atoms with van der Waals surface area (Å²) in [6.45, 7) is -0.489. The van der Waals surface area contributed by atoms with Crippen molar-refractivity contribution in [3.05, 3.63) is 58.1 Å². The second kappa shape index (κ2) is 8.91. The highest BCUT2D eigenvalue weighted by atomic mass is 35.5. The summed E-state index contributed by atoms with van der Waals surface area (Å²) in [4.78, 5) is 22.2. The highest BCUT2D eigenvalue weighted by molar-refractivity contribution is 6.33. The van der Waals surface area contributed by atoms with Crippen molar-refractivity contribution < 1.29 is 19.4 Å². The summed E-state index contributed by atoms with van der Waals surface area (Å²) in [5, 5.41) is 15.5. The number of carbonyl (C=O) groups excluding carboxylic acids is 1. The van der Waals surface area contributed by atoms with Gasteiger partial charge in [0.05, 0.1) is 21.9 Å². The first-order valence-corrected chi connectivity index (χ1v) is 7.70. The minimum atomic E-state index is -1.10. The van der Waals surface area contributed by atoms with Crippen LogP contribution >= 0.6 is 23.2 Å². The van der Waals surface area contributed by atoms with E-state index in [0.717, 1.165) is 0 Å². The second-order valence-corrected chi connectivity index (χ2v) is 5.49. The van der Waals surface area contributed by atoms with Gasteiger partial charge in [0.2, 0.25) is 0 Å². The fourth-order valence-electron chi connectivity index (χ4n) is 1.73. The number of aliphatic carboxylic acids is 1. The number of hydrogen-bond acceptors (Lipinski definition) is 4. The van der Waals surface area contributed by atoms with Crippen LogP contribution in [0.15, 0.2) is 47.6 Å². The third-order valence-corrected chi connectivity index (χ3v) is 3.43. The molecule has 7 nitrogen and oxygen atoms in total. The van der Waals surface area contributed by atoms with Crippen LogP contribution in [0.1, 0.15) is 5.56 Å². The zero-order valence-electron chi connectivity index (χ0n) is 12.7. The Morgan fingerprint density at radius 2 is 1.92 bits per heavy atom. The van der Waals surface area contributed by atoms with Crippen LogP contribution < -0.4 is 15.5 Å². The van der Waals surface area contributed by atoms with Gasteiger partial charge >= 0.3 is 12.0 Å². The maximum atomic E-state index is 11.7. The zero-order valence-corrected chi connectivity index (χ0v) is 14.2. The summed E-state index contributed by atoms with van der Waals surface area (Å²) in [7, 11) is 0. The maximum Gasteiger partial charge on any atom is 0.341 e. The standard InChI is InChI=1S/C16H13Cl2N3O4/c17-11-3-1-2-4-13(11)20-16(24)21-19-8-10-5-6-14(12(18)7-10)25-9-15(22)23/h1-8H,9H2,(H,22,23)(H2,20,21,24)/b19-8+. The molecule has 0 atom stereocenters. The molecule has 0 aliphatic heterocycles. The molecule has 9 heteroatoms. The van der Waals surface area contributed by atoms with Gasteiger partial charge < -0.3 is 15.2 Å². The zero-order chi connectivity index (χ0) is 18.2. The van der Waals surface area contributed by atoms with E-state index in [1.807, 2.05) is 0 Å². The first-order chi connectivity index (χ1) is 12.0. The van der Waals surface area contributed by atoms with E-state index in [1.54, 1.807) is 30.3 Å². The molecule has 2 aromatic rings. The molecule has 0 unspecified atom stereocenters. The minimum Gasteiger partial charge on any atom is -0.480 e. The molecule has 0 bridgehead atoms. The van der Waals surface area contributed by atoms with Crippen molar-refractivity contribution in [3.63, 3.8) is 0 Å². The van der Waals surface area contributed by atoms with Gasteiger partial charge in [-0.25, -0.2) is 15.0 Å². The van der Waals surface area contributed by atoms with Crippen LogP contribution in [0.5, 0.6) is 5.75 Å². The van der Waals surface area contributed by atoms with Crippen LogP contribution in [0.4, 0.5) is 10.5 Å². The van der Waals surface area contributed by atoms with Crippen LogP contribution in [0.3, 0.4) is 0 Å². The monoisotopic (exact) mass is 381 g/mol. The second-order valence-electron chi connectivity index (χ2n) is 4.68. The number of hydrogen-bond donors (Lipinski definition) is 3. The summed E-state index contributed by atoms with van der Waals surface area (Å²) in [5.74, 6) is -0.860.